The first-order valence-corrected chi connectivity index (χ1v) is 6.00. The lowest BCUT2D eigenvalue weighted by Gasteiger charge is -2.23. The molecule has 0 spiro atoms. The van der Waals surface area contributed by atoms with E-state index >= 15 is 0 Å². The normalized spacial score (nSPS) is 24.1. The van der Waals surface area contributed by atoms with E-state index in [0.717, 1.165) is 18.9 Å². The summed E-state index contributed by atoms with van der Waals surface area (Å²) in [6.45, 7) is 0.704. The number of carbonyl (C=O) groups excluding carboxylic acids is 1. The van der Waals surface area contributed by atoms with Crippen molar-refractivity contribution in [1.29, 1.82) is 0 Å². The molecule has 0 bridgehead atoms. The van der Waals surface area contributed by atoms with E-state index in [9.17, 15) is 4.79 Å². The fraction of sp³-hybridized carbons (Fsp3) is 0.917. The molecule has 0 aromatic rings. The second kappa shape index (κ2) is 4.43. The Morgan fingerprint density at radius 2 is 1.79 bits per heavy atom. The average Bonchev–Trinajstić information content (AvgIpc) is 3.02. The lowest BCUT2D eigenvalue weighted by molar-refractivity contribution is -0.124. The Balaban J connectivity index is 1.75. The van der Waals surface area contributed by atoms with Gasteiger partial charge < -0.3 is 0 Å². The number of Topliss-reactive ketones (excluding diaryl/α,β-unsaturated/α-hetero) is 1. The van der Waals surface area contributed by atoms with E-state index in [1.54, 1.807) is 0 Å². The monoisotopic (exact) mass is 195 g/mol. The van der Waals surface area contributed by atoms with Gasteiger partial charge in [0, 0.05) is 12.0 Å². The quantitative estimate of drug-likeness (QED) is 0.685. The molecular weight excluding hydrogens is 174 g/mol. The van der Waals surface area contributed by atoms with Crippen LogP contribution >= 0.6 is 0 Å². The minimum absolute atomic E-state index is 0.393. The second-order valence-electron chi connectivity index (χ2n) is 4.95. The van der Waals surface area contributed by atoms with Gasteiger partial charge in [-0.25, -0.2) is 0 Å². The molecule has 0 aromatic heterocycles. The van der Waals surface area contributed by atoms with E-state index in [1.807, 2.05) is 0 Å². The Bertz CT molecular complexity index is 204. The van der Waals surface area contributed by atoms with Gasteiger partial charge in [0.25, 0.3) is 0 Å². The molecule has 0 heterocycles. The molecule has 0 unspecified atom stereocenters. The SMILES string of the molecule is CN(CC(=O)C1CCCCC1)C1CC1. The maximum Gasteiger partial charge on any atom is 0.149 e. The van der Waals surface area contributed by atoms with E-state index < -0.39 is 0 Å². The van der Waals surface area contributed by atoms with Crippen molar-refractivity contribution in [3.8, 4) is 0 Å². The predicted molar refractivity (Wildman–Crippen MR) is 57.2 cm³/mol. The number of rotatable bonds is 4. The number of ketones is 1. The van der Waals surface area contributed by atoms with Crippen LogP contribution in [0, 0.1) is 5.92 Å². The highest BCUT2D eigenvalue weighted by molar-refractivity contribution is 5.83. The van der Waals surface area contributed by atoms with Gasteiger partial charge in [-0.15, -0.1) is 0 Å². The van der Waals surface area contributed by atoms with Gasteiger partial charge in [-0.3, -0.25) is 9.69 Å². The van der Waals surface area contributed by atoms with Crippen LogP contribution in [0.5, 0.6) is 0 Å². The molecule has 0 N–H and O–H groups in total. The summed E-state index contributed by atoms with van der Waals surface area (Å²) in [4.78, 5) is 14.1. The zero-order valence-corrected chi connectivity index (χ0v) is 9.17. The first-order valence-electron chi connectivity index (χ1n) is 6.00. The van der Waals surface area contributed by atoms with Crippen LogP contribution in [-0.4, -0.2) is 30.3 Å². The summed E-state index contributed by atoms with van der Waals surface area (Å²) in [5.74, 6) is 0.893. The van der Waals surface area contributed by atoms with Crippen molar-refractivity contribution in [2.24, 2.45) is 5.92 Å². The third kappa shape index (κ3) is 2.57. The van der Waals surface area contributed by atoms with Gasteiger partial charge in [-0.2, -0.15) is 0 Å². The molecule has 14 heavy (non-hydrogen) atoms. The number of hydrogen-bond donors (Lipinski definition) is 0. The maximum atomic E-state index is 11.9. The van der Waals surface area contributed by atoms with Crippen LogP contribution in [0.2, 0.25) is 0 Å². The molecule has 2 fully saturated rings. The molecule has 0 aromatic carbocycles. The van der Waals surface area contributed by atoms with Crippen LogP contribution in [0.1, 0.15) is 44.9 Å². The van der Waals surface area contributed by atoms with Crippen LogP contribution in [0.15, 0.2) is 0 Å². The molecule has 2 nitrogen and oxygen atoms in total. The van der Waals surface area contributed by atoms with Crippen molar-refractivity contribution in [2.45, 2.75) is 51.0 Å². The van der Waals surface area contributed by atoms with Gasteiger partial charge in [0.15, 0.2) is 0 Å². The molecule has 2 saturated carbocycles. The van der Waals surface area contributed by atoms with Gasteiger partial charge in [0.1, 0.15) is 5.78 Å². The smallest absolute Gasteiger partial charge is 0.149 e. The number of nitrogens with zero attached hydrogens (tertiary/aromatic N) is 1. The molecule has 0 saturated heterocycles. The molecule has 80 valence electrons. The van der Waals surface area contributed by atoms with Crippen molar-refractivity contribution in [2.75, 3.05) is 13.6 Å². The highest BCUT2D eigenvalue weighted by Crippen LogP contribution is 2.28. The summed E-state index contributed by atoms with van der Waals surface area (Å²) < 4.78 is 0. The molecule has 2 aliphatic rings. The molecular formula is C12H21NO. The van der Waals surface area contributed by atoms with Gasteiger partial charge >= 0.3 is 0 Å². The fourth-order valence-corrected chi connectivity index (χ4v) is 2.44. The fourth-order valence-electron chi connectivity index (χ4n) is 2.44. The Kier molecular flexibility index (Phi) is 3.22. The van der Waals surface area contributed by atoms with Crippen molar-refractivity contribution in [1.82, 2.24) is 4.90 Å². The van der Waals surface area contributed by atoms with Gasteiger partial charge in [-0.1, -0.05) is 19.3 Å². The molecule has 0 radical (unpaired) electrons. The first kappa shape index (κ1) is 10.2. The summed E-state index contributed by atoms with van der Waals surface area (Å²) in [6, 6.07) is 0.725. The average molecular weight is 195 g/mol. The van der Waals surface area contributed by atoms with Crippen molar-refractivity contribution < 1.29 is 4.79 Å². The Labute approximate surface area is 86.7 Å². The highest BCUT2D eigenvalue weighted by Gasteiger charge is 2.29. The molecule has 2 rings (SSSR count). The largest absolute Gasteiger partial charge is 0.298 e. The summed E-state index contributed by atoms with van der Waals surface area (Å²) >= 11 is 0. The molecule has 0 aliphatic heterocycles. The summed E-state index contributed by atoms with van der Waals surface area (Å²) in [5, 5.41) is 0. The van der Waals surface area contributed by atoms with Crippen LogP contribution in [0.25, 0.3) is 0 Å². The lowest BCUT2D eigenvalue weighted by atomic mass is 9.86. The standard InChI is InChI=1S/C12H21NO/c1-13(11-7-8-11)9-12(14)10-5-3-2-4-6-10/h10-11H,2-9H2,1H3. The first-order chi connectivity index (χ1) is 6.77. The minimum atomic E-state index is 0.393. The van der Waals surface area contributed by atoms with E-state index in [1.165, 1.54) is 32.1 Å². The predicted octanol–water partition coefficient (Wildman–Crippen LogP) is 2.23. The zero-order chi connectivity index (χ0) is 9.97. The third-order valence-corrected chi connectivity index (χ3v) is 3.64. The summed E-state index contributed by atoms with van der Waals surface area (Å²) in [5.41, 5.74) is 0. The molecule has 2 heteroatoms. The van der Waals surface area contributed by atoms with Crippen LogP contribution in [-0.2, 0) is 4.79 Å². The number of carbonyl (C=O) groups is 1. The minimum Gasteiger partial charge on any atom is -0.298 e. The van der Waals surface area contributed by atoms with E-state index in [4.69, 9.17) is 0 Å². The Hall–Kier alpha value is -0.370. The molecule has 0 atom stereocenters. The number of hydrogen-bond acceptors (Lipinski definition) is 2. The van der Waals surface area contributed by atoms with Gasteiger partial charge in [-0.05, 0) is 32.7 Å². The van der Waals surface area contributed by atoms with Crippen molar-refractivity contribution in [3.05, 3.63) is 0 Å². The zero-order valence-electron chi connectivity index (χ0n) is 9.17. The highest BCUT2D eigenvalue weighted by atomic mass is 16.1. The maximum absolute atomic E-state index is 11.9. The van der Waals surface area contributed by atoms with Gasteiger partial charge in [0.2, 0.25) is 0 Å². The summed E-state index contributed by atoms with van der Waals surface area (Å²) in [7, 11) is 2.10. The molecule has 2 aliphatic carbocycles. The van der Waals surface area contributed by atoms with E-state index in [0.29, 0.717) is 18.2 Å². The van der Waals surface area contributed by atoms with Crippen LogP contribution in [0.3, 0.4) is 0 Å². The van der Waals surface area contributed by atoms with E-state index in [2.05, 4.69) is 11.9 Å². The van der Waals surface area contributed by atoms with E-state index in [-0.39, 0.29) is 0 Å². The topological polar surface area (TPSA) is 20.3 Å². The van der Waals surface area contributed by atoms with Crippen molar-refractivity contribution in [3.63, 3.8) is 0 Å². The lowest BCUT2D eigenvalue weighted by Crippen LogP contribution is -2.32. The van der Waals surface area contributed by atoms with Crippen molar-refractivity contribution >= 4 is 5.78 Å². The second-order valence-corrected chi connectivity index (χ2v) is 4.95. The Morgan fingerprint density at radius 3 is 2.36 bits per heavy atom. The third-order valence-electron chi connectivity index (χ3n) is 3.64. The van der Waals surface area contributed by atoms with Gasteiger partial charge in [0.05, 0.1) is 6.54 Å². The van der Waals surface area contributed by atoms with Crippen LogP contribution < -0.4 is 0 Å². The number of likely N-dealkylation sites (N-methyl/N-ethyl adjacent to an activating group) is 1. The summed E-state index contributed by atoms with van der Waals surface area (Å²) in [6.07, 6.45) is 8.77. The Morgan fingerprint density at radius 1 is 1.14 bits per heavy atom. The van der Waals surface area contributed by atoms with Crippen LogP contribution in [0.4, 0.5) is 0 Å². The molecule has 0 amide bonds.